The van der Waals surface area contributed by atoms with E-state index >= 15 is 0 Å². The first-order valence-corrected chi connectivity index (χ1v) is 4.94. The Hall–Kier alpha value is -2.13. The van der Waals surface area contributed by atoms with E-state index in [0.29, 0.717) is 0 Å². The summed E-state index contributed by atoms with van der Waals surface area (Å²) in [6.45, 7) is 3.19. The Balaban J connectivity index is 2.94. The Kier molecular flexibility index (Phi) is 3.66. The summed E-state index contributed by atoms with van der Waals surface area (Å²) in [7, 11) is 0. The van der Waals surface area contributed by atoms with Crippen LogP contribution in [0.3, 0.4) is 0 Å². The van der Waals surface area contributed by atoms with Crippen molar-refractivity contribution in [1.29, 1.82) is 5.26 Å². The molecule has 0 radical (unpaired) electrons. The van der Waals surface area contributed by atoms with Crippen molar-refractivity contribution < 1.29 is 9.66 Å². The molecule has 0 spiro atoms. The third-order valence-electron chi connectivity index (χ3n) is 2.09. The molecule has 2 N–H and O–H groups in total. The van der Waals surface area contributed by atoms with Crippen LogP contribution in [0.2, 0.25) is 0 Å². The lowest BCUT2D eigenvalue weighted by molar-refractivity contribution is -0.385. The smallest absolute Gasteiger partial charge is 0.310 e. The zero-order valence-corrected chi connectivity index (χ0v) is 9.64. The quantitative estimate of drug-likeness (QED) is 0.629. The topological polar surface area (TPSA) is 102 Å². The molecule has 1 atom stereocenters. The highest BCUT2D eigenvalue weighted by atomic mass is 16.6. The number of nitrogens with zero attached hydrogens (tertiary/aromatic N) is 2. The predicted octanol–water partition coefficient (Wildman–Crippen LogP) is 1.52. The SMILES string of the molecule is Cc1ccc([N+](=O)[O-])c(OCC(C)(N)C#N)c1. The average Bonchev–Trinajstić information content (AvgIpc) is 2.26. The predicted molar refractivity (Wildman–Crippen MR) is 61.5 cm³/mol. The van der Waals surface area contributed by atoms with Crippen molar-refractivity contribution in [3.05, 3.63) is 33.9 Å². The lowest BCUT2D eigenvalue weighted by Crippen LogP contribution is -2.40. The van der Waals surface area contributed by atoms with Gasteiger partial charge in [0.25, 0.3) is 0 Å². The lowest BCUT2D eigenvalue weighted by atomic mass is 10.1. The van der Waals surface area contributed by atoms with Gasteiger partial charge in [-0.15, -0.1) is 0 Å². The summed E-state index contributed by atoms with van der Waals surface area (Å²) in [6.07, 6.45) is 0. The number of nitriles is 1. The van der Waals surface area contributed by atoms with E-state index in [0.717, 1.165) is 5.56 Å². The fourth-order valence-corrected chi connectivity index (χ4v) is 1.15. The van der Waals surface area contributed by atoms with Crippen LogP contribution >= 0.6 is 0 Å². The highest BCUT2D eigenvalue weighted by Gasteiger charge is 2.21. The number of benzene rings is 1. The van der Waals surface area contributed by atoms with E-state index in [1.54, 1.807) is 19.1 Å². The number of rotatable bonds is 4. The van der Waals surface area contributed by atoms with Crippen LogP contribution in [-0.4, -0.2) is 17.1 Å². The zero-order chi connectivity index (χ0) is 13.1. The van der Waals surface area contributed by atoms with Gasteiger partial charge in [0.2, 0.25) is 0 Å². The lowest BCUT2D eigenvalue weighted by Gasteiger charge is -2.16. The second-order valence-electron chi connectivity index (χ2n) is 4.05. The molecule has 1 aromatic rings. The third-order valence-corrected chi connectivity index (χ3v) is 2.09. The molecule has 1 rings (SSSR count). The van der Waals surface area contributed by atoms with Gasteiger partial charge in [0.1, 0.15) is 12.1 Å². The number of nitrogens with two attached hydrogens (primary N) is 1. The highest BCUT2D eigenvalue weighted by molar-refractivity contribution is 5.48. The molecule has 6 nitrogen and oxygen atoms in total. The van der Waals surface area contributed by atoms with Gasteiger partial charge < -0.3 is 10.5 Å². The van der Waals surface area contributed by atoms with Crippen LogP contribution in [0.1, 0.15) is 12.5 Å². The van der Waals surface area contributed by atoms with Crippen LogP contribution in [0.5, 0.6) is 5.75 Å². The minimum Gasteiger partial charge on any atom is -0.484 e. The summed E-state index contributed by atoms with van der Waals surface area (Å²) in [5, 5.41) is 19.5. The molecule has 0 heterocycles. The molecule has 1 aromatic carbocycles. The number of aryl methyl sites for hydroxylation is 1. The molecule has 0 saturated heterocycles. The van der Waals surface area contributed by atoms with Crippen LogP contribution in [0, 0.1) is 28.4 Å². The summed E-state index contributed by atoms with van der Waals surface area (Å²) in [5.74, 6) is 0.127. The van der Waals surface area contributed by atoms with E-state index < -0.39 is 10.5 Å². The average molecular weight is 235 g/mol. The van der Waals surface area contributed by atoms with E-state index in [-0.39, 0.29) is 18.0 Å². The largest absolute Gasteiger partial charge is 0.484 e. The molecule has 90 valence electrons. The molecule has 6 heteroatoms. The Morgan fingerprint density at radius 2 is 2.29 bits per heavy atom. The second-order valence-corrected chi connectivity index (χ2v) is 4.05. The van der Waals surface area contributed by atoms with Crippen molar-refractivity contribution in [2.75, 3.05) is 6.61 Å². The summed E-state index contributed by atoms with van der Waals surface area (Å²) < 4.78 is 5.25. The standard InChI is InChI=1S/C11H13N3O3/c1-8-3-4-9(14(15)16)10(5-8)17-7-11(2,13)6-12/h3-5H,7,13H2,1-2H3. The van der Waals surface area contributed by atoms with Gasteiger partial charge in [-0.05, 0) is 25.5 Å². The molecular weight excluding hydrogens is 222 g/mol. The van der Waals surface area contributed by atoms with Crippen LogP contribution in [-0.2, 0) is 0 Å². The van der Waals surface area contributed by atoms with Crippen LogP contribution in [0.4, 0.5) is 5.69 Å². The van der Waals surface area contributed by atoms with Gasteiger partial charge in [-0.1, -0.05) is 6.07 Å². The second kappa shape index (κ2) is 4.80. The van der Waals surface area contributed by atoms with Crippen molar-refractivity contribution in [2.45, 2.75) is 19.4 Å². The van der Waals surface area contributed by atoms with Crippen molar-refractivity contribution in [1.82, 2.24) is 0 Å². The first-order valence-electron chi connectivity index (χ1n) is 4.94. The Morgan fingerprint density at radius 1 is 1.65 bits per heavy atom. The van der Waals surface area contributed by atoms with Gasteiger partial charge in [0, 0.05) is 6.07 Å². The molecule has 0 aliphatic rings. The van der Waals surface area contributed by atoms with Crippen molar-refractivity contribution >= 4 is 5.69 Å². The van der Waals surface area contributed by atoms with Gasteiger partial charge in [-0.3, -0.25) is 10.1 Å². The molecule has 0 bridgehead atoms. The van der Waals surface area contributed by atoms with Crippen molar-refractivity contribution in [3.8, 4) is 11.8 Å². The molecule has 0 aromatic heterocycles. The van der Waals surface area contributed by atoms with E-state index in [4.69, 9.17) is 15.7 Å². The summed E-state index contributed by atoms with van der Waals surface area (Å²) in [5.41, 5.74) is 5.10. The molecule has 0 aliphatic heterocycles. The number of hydrogen-bond donors (Lipinski definition) is 1. The minimum atomic E-state index is -1.17. The summed E-state index contributed by atoms with van der Waals surface area (Å²) >= 11 is 0. The Bertz CT molecular complexity index is 477. The maximum atomic E-state index is 10.8. The number of hydrogen-bond acceptors (Lipinski definition) is 5. The molecule has 17 heavy (non-hydrogen) atoms. The maximum Gasteiger partial charge on any atom is 0.310 e. The fraction of sp³-hybridized carbons (Fsp3) is 0.364. The van der Waals surface area contributed by atoms with Crippen molar-refractivity contribution in [2.24, 2.45) is 5.73 Å². The van der Waals surface area contributed by atoms with Crippen molar-refractivity contribution in [3.63, 3.8) is 0 Å². The molecule has 0 aliphatic carbocycles. The number of ether oxygens (including phenoxy) is 1. The summed E-state index contributed by atoms with van der Waals surface area (Å²) in [4.78, 5) is 10.2. The molecule has 0 saturated carbocycles. The Labute approximate surface area is 98.8 Å². The first-order chi connectivity index (χ1) is 7.85. The number of nitro groups is 1. The molecule has 0 amide bonds. The Morgan fingerprint density at radius 3 is 2.82 bits per heavy atom. The highest BCUT2D eigenvalue weighted by Crippen LogP contribution is 2.28. The van der Waals surface area contributed by atoms with Gasteiger partial charge >= 0.3 is 5.69 Å². The third kappa shape index (κ3) is 3.43. The normalized spacial score (nSPS) is 13.5. The van der Waals surface area contributed by atoms with E-state index in [9.17, 15) is 10.1 Å². The van der Waals surface area contributed by atoms with E-state index in [1.807, 2.05) is 6.07 Å². The molecule has 0 fully saturated rings. The maximum absolute atomic E-state index is 10.8. The van der Waals surface area contributed by atoms with Crippen LogP contribution in [0.15, 0.2) is 18.2 Å². The number of nitro benzene ring substituents is 1. The monoisotopic (exact) mass is 235 g/mol. The zero-order valence-electron chi connectivity index (χ0n) is 9.64. The first kappa shape index (κ1) is 12.9. The summed E-state index contributed by atoms with van der Waals surface area (Å²) in [6, 6.07) is 6.39. The van der Waals surface area contributed by atoms with Gasteiger partial charge in [0.05, 0.1) is 11.0 Å². The van der Waals surface area contributed by atoms with Crippen LogP contribution < -0.4 is 10.5 Å². The van der Waals surface area contributed by atoms with Gasteiger partial charge in [-0.2, -0.15) is 5.26 Å². The van der Waals surface area contributed by atoms with Gasteiger partial charge in [0.15, 0.2) is 5.75 Å². The van der Waals surface area contributed by atoms with Gasteiger partial charge in [-0.25, -0.2) is 0 Å². The fourth-order valence-electron chi connectivity index (χ4n) is 1.15. The molecule has 1 unspecified atom stereocenters. The molecular formula is C11H13N3O3. The minimum absolute atomic E-state index is 0.103. The van der Waals surface area contributed by atoms with E-state index in [1.165, 1.54) is 13.0 Å². The van der Waals surface area contributed by atoms with E-state index in [2.05, 4.69) is 0 Å². The van der Waals surface area contributed by atoms with Crippen LogP contribution in [0.25, 0.3) is 0 Å².